The van der Waals surface area contributed by atoms with E-state index < -0.39 is 0 Å². The molecule has 0 saturated carbocycles. The summed E-state index contributed by atoms with van der Waals surface area (Å²) in [6, 6.07) is 3.77. The van der Waals surface area contributed by atoms with Crippen molar-refractivity contribution in [2.45, 2.75) is 6.61 Å². The van der Waals surface area contributed by atoms with Gasteiger partial charge in [-0.05, 0) is 28.1 Å². The molecule has 1 N–H and O–H groups in total. The van der Waals surface area contributed by atoms with Gasteiger partial charge in [0, 0.05) is 25.0 Å². The van der Waals surface area contributed by atoms with E-state index in [2.05, 4.69) is 25.9 Å². The number of nitrogens with zero attached hydrogens (tertiary/aromatic N) is 3. The maximum Gasteiger partial charge on any atom is 0.141 e. The molecule has 2 aromatic heterocycles. The highest BCUT2D eigenvalue weighted by Gasteiger charge is 2.12. The Labute approximate surface area is 95.7 Å². The topological polar surface area (TPSA) is 50.9 Å². The zero-order valence-electron chi connectivity index (χ0n) is 8.18. The molecule has 0 saturated heterocycles. The van der Waals surface area contributed by atoms with Gasteiger partial charge in [-0.1, -0.05) is 0 Å². The lowest BCUT2D eigenvalue weighted by atomic mass is 10.2. The van der Waals surface area contributed by atoms with E-state index in [4.69, 9.17) is 5.11 Å². The van der Waals surface area contributed by atoms with E-state index in [9.17, 15) is 0 Å². The third-order valence-electron chi connectivity index (χ3n) is 2.25. The molecule has 0 atom stereocenters. The molecule has 0 fully saturated rings. The summed E-state index contributed by atoms with van der Waals surface area (Å²) in [7, 11) is 1.87. The number of aliphatic hydroxyl groups excluding tert-OH is 1. The molecule has 5 heteroatoms. The Balaban J connectivity index is 2.55. The summed E-state index contributed by atoms with van der Waals surface area (Å²) in [6.45, 7) is -0.0326. The molecule has 4 nitrogen and oxygen atoms in total. The van der Waals surface area contributed by atoms with Crippen molar-refractivity contribution in [3.63, 3.8) is 0 Å². The van der Waals surface area contributed by atoms with E-state index >= 15 is 0 Å². The van der Waals surface area contributed by atoms with Gasteiger partial charge < -0.3 is 9.67 Å². The van der Waals surface area contributed by atoms with Gasteiger partial charge in [-0.25, -0.2) is 4.98 Å². The van der Waals surface area contributed by atoms with Gasteiger partial charge >= 0.3 is 0 Å². The van der Waals surface area contributed by atoms with Gasteiger partial charge in [-0.2, -0.15) is 0 Å². The fraction of sp³-hybridized carbons (Fsp3) is 0.200. The van der Waals surface area contributed by atoms with Crippen LogP contribution < -0.4 is 0 Å². The number of rotatable bonds is 2. The van der Waals surface area contributed by atoms with Gasteiger partial charge in [0.2, 0.25) is 0 Å². The van der Waals surface area contributed by atoms with Crippen molar-refractivity contribution in [1.82, 2.24) is 14.5 Å². The third kappa shape index (κ3) is 1.80. The number of aliphatic hydroxyl groups is 1. The van der Waals surface area contributed by atoms with Crippen LogP contribution in [0.1, 0.15) is 5.69 Å². The van der Waals surface area contributed by atoms with Crippen LogP contribution in [0.25, 0.3) is 11.4 Å². The van der Waals surface area contributed by atoms with Crippen LogP contribution in [0, 0.1) is 0 Å². The normalized spacial score (nSPS) is 10.6. The van der Waals surface area contributed by atoms with Crippen molar-refractivity contribution >= 4 is 15.9 Å². The predicted molar refractivity (Wildman–Crippen MR) is 60.1 cm³/mol. The quantitative estimate of drug-likeness (QED) is 0.902. The minimum Gasteiger partial charge on any atom is -0.390 e. The van der Waals surface area contributed by atoms with Crippen molar-refractivity contribution in [3.05, 3.63) is 34.8 Å². The van der Waals surface area contributed by atoms with Crippen LogP contribution in [0.3, 0.4) is 0 Å². The van der Waals surface area contributed by atoms with Gasteiger partial charge in [0.25, 0.3) is 0 Å². The summed E-state index contributed by atoms with van der Waals surface area (Å²) in [6.07, 6.45) is 3.44. The highest BCUT2D eigenvalue weighted by molar-refractivity contribution is 9.10. The average molecular weight is 268 g/mol. The highest BCUT2D eigenvalue weighted by Crippen LogP contribution is 2.24. The zero-order chi connectivity index (χ0) is 10.8. The first-order valence-corrected chi connectivity index (χ1v) is 5.25. The van der Waals surface area contributed by atoms with E-state index in [0.29, 0.717) is 4.60 Å². The van der Waals surface area contributed by atoms with Gasteiger partial charge in [0.15, 0.2) is 0 Å². The minimum absolute atomic E-state index is 0.0326. The molecule has 15 heavy (non-hydrogen) atoms. The Hall–Kier alpha value is -1.20. The van der Waals surface area contributed by atoms with Crippen LogP contribution in [0.4, 0.5) is 0 Å². The van der Waals surface area contributed by atoms with E-state index in [1.807, 2.05) is 23.7 Å². The number of halogens is 1. The molecule has 2 aromatic rings. The first-order valence-electron chi connectivity index (χ1n) is 4.46. The zero-order valence-corrected chi connectivity index (χ0v) is 9.77. The monoisotopic (exact) mass is 267 g/mol. The lowest BCUT2D eigenvalue weighted by Gasteiger charge is -2.03. The summed E-state index contributed by atoms with van der Waals surface area (Å²) in [5.74, 6) is 0.813. The predicted octanol–water partition coefficient (Wildman–Crippen LogP) is 1.74. The van der Waals surface area contributed by atoms with Gasteiger partial charge in [0.05, 0.1) is 12.3 Å². The molecular formula is C10H10BrN3O. The van der Waals surface area contributed by atoms with Crippen molar-refractivity contribution < 1.29 is 5.11 Å². The molecule has 0 bridgehead atoms. The largest absolute Gasteiger partial charge is 0.390 e. The summed E-state index contributed by atoms with van der Waals surface area (Å²) in [5.41, 5.74) is 1.75. The average Bonchev–Trinajstić information content (AvgIpc) is 2.55. The molecule has 0 aromatic carbocycles. The van der Waals surface area contributed by atoms with Crippen LogP contribution in [0.5, 0.6) is 0 Å². The summed E-state index contributed by atoms with van der Waals surface area (Å²) >= 11 is 3.32. The molecule has 2 rings (SSSR count). The standard InChI is InChI=1S/C10H10BrN3O/c1-14-8(6-15)9(11)13-10(14)7-2-4-12-5-3-7/h2-5,15H,6H2,1H3. The first kappa shape index (κ1) is 10.3. The van der Waals surface area contributed by atoms with Crippen LogP contribution >= 0.6 is 15.9 Å². The Morgan fingerprint density at radius 3 is 2.60 bits per heavy atom. The SMILES string of the molecule is Cn1c(-c2ccncc2)nc(Br)c1CO. The molecule has 0 radical (unpaired) electrons. The molecule has 0 aliphatic heterocycles. The number of pyridine rings is 1. The molecule has 0 spiro atoms. The second-order valence-electron chi connectivity index (χ2n) is 3.13. The lowest BCUT2D eigenvalue weighted by molar-refractivity contribution is 0.272. The molecule has 2 heterocycles. The highest BCUT2D eigenvalue weighted by atomic mass is 79.9. The fourth-order valence-corrected chi connectivity index (χ4v) is 1.99. The number of hydrogen-bond donors (Lipinski definition) is 1. The smallest absolute Gasteiger partial charge is 0.141 e. The van der Waals surface area contributed by atoms with E-state index in [1.165, 1.54) is 0 Å². The molecular weight excluding hydrogens is 258 g/mol. The Morgan fingerprint density at radius 2 is 2.07 bits per heavy atom. The van der Waals surface area contributed by atoms with Gasteiger partial charge in [-0.15, -0.1) is 0 Å². The minimum atomic E-state index is -0.0326. The lowest BCUT2D eigenvalue weighted by Crippen LogP contribution is -1.98. The summed E-state index contributed by atoms with van der Waals surface area (Å²) in [4.78, 5) is 8.29. The van der Waals surface area contributed by atoms with Crippen LogP contribution in [0.15, 0.2) is 29.1 Å². The summed E-state index contributed by atoms with van der Waals surface area (Å²) in [5, 5.41) is 9.16. The first-order chi connectivity index (χ1) is 7.24. The maximum atomic E-state index is 9.16. The molecule has 0 aliphatic rings. The van der Waals surface area contributed by atoms with Gasteiger partial charge in [-0.3, -0.25) is 4.98 Å². The second kappa shape index (κ2) is 4.12. The third-order valence-corrected chi connectivity index (χ3v) is 2.89. The van der Waals surface area contributed by atoms with E-state index in [0.717, 1.165) is 17.1 Å². The van der Waals surface area contributed by atoms with Crippen LogP contribution in [-0.4, -0.2) is 19.6 Å². The van der Waals surface area contributed by atoms with Crippen LogP contribution in [-0.2, 0) is 13.7 Å². The van der Waals surface area contributed by atoms with Crippen molar-refractivity contribution in [2.75, 3.05) is 0 Å². The molecule has 0 amide bonds. The molecule has 78 valence electrons. The second-order valence-corrected chi connectivity index (χ2v) is 3.88. The van der Waals surface area contributed by atoms with Crippen molar-refractivity contribution in [3.8, 4) is 11.4 Å². The Kier molecular flexibility index (Phi) is 2.83. The van der Waals surface area contributed by atoms with Crippen molar-refractivity contribution in [2.24, 2.45) is 7.05 Å². The number of imidazole rings is 1. The van der Waals surface area contributed by atoms with Gasteiger partial charge in [0.1, 0.15) is 10.4 Å². The van der Waals surface area contributed by atoms with E-state index in [1.54, 1.807) is 12.4 Å². The Bertz CT molecular complexity index is 467. The van der Waals surface area contributed by atoms with Crippen molar-refractivity contribution in [1.29, 1.82) is 0 Å². The molecule has 0 unspecified atom stereocenters. The number of hydrogen-bond acceptors (Lipinski definition) is 3. The van der Waals surface area contributed by atoms with Crippen LogP contribution in [0.2, 0.25) is 0 Å². The maximum absolute atomic E-state index is 9.16. The molecule has 0 aliphatic carbocycles. The Morgan fingerprint density at radius 1 is 1.40 bits per heavy atom. The number of aromatic nitrogens is 3. The summed E-state index contributed by atoms with van der Waals surface area (Å²) < 4.78 is 2.54. The fourth-order valence-electron chi connectivity index (χ4n) is 1.43. The van der Waals surface area contributed by atoms with E-state index in [-0.39, 0.29) is 6.61 Å².